The van der Waals surface area contributed by atoms with E-state index < -0.39 is 145 Å². The molecule has 0 radical (unpaired) electrons. The number of hydrogen-bond acceptors (Lipinski definition) is 20. The summed E-state index contributed by atoms with van der Waals surface area (Å²) in [6.45, 7) is -0.250. The zero-order valence-corrected chi connectivity index (χ0v) is 34.9. The van der Waals surface area contributed by atoms with Crippen molar-refractivity contribution in [3.05, 3.63) is 80.4 Å². The molecule has 3 aromatic rings. The van der Waals surface area contributed by atoms with Crippen LogP contribution in [0.25, 0.3) is 0 Å². The molecule has 4 aliphatic rings. The Morgan fingerprint density at radius 2 is 1.62 bits per heavy atom. The van der Waals surface area contributed by atoms with Crippen molar-refractivity contribution in [2.24, 2.45) is 0 Å². The number of phenols is 2. The molecule has 0 aromatic heterocycles. The summed E-state index contributed by atoms with van der Waals surface area (Å²) < 4.78 is 38.5. The van der Waals surface area contributed by atoms with Gasteiger partial charge in [0.2, 0.25) is 12.1 Å². The number of aliphatic hydroxyl groups excluding tert-OH is 5. The molecule has 0 bridgehead atoms. The number of phenolic OH excluding ortho intramolecular Hbond substituents is 2. The second-order valence-electron chi connectivity index (χ2n) is 15.6. The Morgan fingerprint density at radius 3 is 2.31 bits per heavy atom. The first-order chi connectivity index (χ1) is 30.3. The lowest BCUT2D eigenvalue weighted by atomic mass is 9.72. The summed E-state index contributed by atoms with van der Waals surface area (Å²) in [6, 6.07) is 7.07. The van der Waals surface area contributed by atoms with E-state index in [1.54, 1.807) is 0 Å². The molecule has 0 unspecified atom stereocenters. The van der Waals surface area contributed by atoms with E-state index in [9.17, 15) is 64.8 Å². The van der Waals surface area contributed by atoms with Crippen LogP contribution in [0.2, 0.25) is 5.02 Å². The molecule has 1 amide bonds. The van der Waals surface area contributed by atoms with E-state index in [0.717, 1.165) is 7.11 Å². The minimum Gasteiger partial charge on any atom is -0.507 e. The maximum absolute atomic E-state index is 14.0. The molecule has 9 N–H and O–H groups in total. The number of halogens is 1. The smallest absolute Gasteiger partial charge is 0.407 e. The summed E-state index contributed by atoms with van der Waals surface area (Å²) >= 11 is 6.19. The van der Waals surface area contributed by atoms with Gasteiger partial charge < -0.3 is 79.3 Å². The third kappa shape index (κ3) is 8.35. The van der Waals surface area contributed by atoms with Crippen molar-refractivity contribution in [2.75, 3.05) is 20.8 Å². The molecule has 64 heavy (non-hydrogen) atoms. The average molecular weight is 918 g/mol. The van der Waals surface area contributed by atoms with Gasteiger partial charge in [-0.25, -0.2) is 9.59 Å². The van der Waals surface area contributed by atoms with Crippen LogP contribution in [0.4, 0.5) is 4.79 Å². The summed E-state index contributed by atoms with van der Waals surface area (Å²) in [6.07, 6.45) is -17.3. The Kier molecular flexibility index (Phi) is 13.2. The molecule has 344 valence electrons. The SMILES string of the molecule is COC(=O)[C@H]1O[C@@H](Oc2ccc(Cl)cc2COC(=O)N[C@H]2C[C@H](O[C@H]3C[C@](O)(C(=O)CO)Cc4c(O)c5c(c(O)c43)C(=O)c3c(OC)cccc3C5=O)O[C@@H](C)[C@H]2O)[C@H](O)[C@@H](O)[C@@H]1O. The number of benzene rings is 3. The third-order valence-electron chi connectivity index (χ3n) is 11.7. The molecular formula is C42H44ClNO20. The van der Waals surface area contributed by atoms with Gasteiger partial charge in [0.1, 0.15) is 66.2 Å². The number of aliphatic hydroxyl groups is 6. The van der Waals surface area contributed by atoms with Gasteiger partial charge in [0.05, 0.1) is 49.2 Å². The number of ketones is 3. The van der Waals surface area contributed by atoms with Crippen molar-refractivity contribution in [2.45, 2.75) is 99.7 Å². The Balaban J connectivity index is 1.11. The lowest BCUT2D eigenvalue weighted by Crippen LogP contribution is -2.61. The second kappa shape index (κ2) is 18.2. The van der Waals surface area contributed by atoms with Gasteiger partial charge in [-0.15, -0.1) is 0 Å². The number of methoxy groups -OCH3 is 2. The van der Waals surface area contributed by atoms with E-state index in [0.29, 0.717) is 0 Å². The maximum atomic E-state index is 14.0. The molecule has 0 saturated carbocycles. The van der Waals surface area contributed by atoms with Gasteiger partial charge in [-0.2, -0.15) is 0 Å². The van der Waals surface area contributed by atoms with Crippen LogP contribution in [0.1, 0.15) is 74.4 Å². The Bertz CT molecular complexity index is 2370. The van der Waals surface area contributed by atoms with E-state index in [1.165, 1.54) is 50.4 Å². The Morgan fingerprint density at radius 1 is 0.906 bits per heavy atom. The zero-order chi connectivity index (χ0) is 46.5. The summed E-state index contributed by atoms with van der Waals surface area (Å²) in [4.78, 5) is 66.2. The number of carbonyl (C=O) groups is 5. The molecule has 2 fully saturated rings. The van der Waals surface area contributed by atoms with E-state index in [1.807, 2.05) is 0 Å². The van der Waals surface area contributed by atoms with Crippen LogP contribution in [-0.2, 0) is 46.3 Å². The van der Waals surface area contributed by atoms with Crippen LogP contribution in [-0.4, -0.2) is 152 Å². The molecule has 21 nitrogen and oxygen atoms in total. The van der Waals surface area contributed by atoms with Crippen molar-refractivity contribution < 1.29 is 98.0 Å². The normalized spacial score (nSPS) is 29.7. The first-order valence-electron chi connectivity index (χ1n) is 19.7. The summed E-state index contributed by atoms with van der Waals surface area (Å²) in [5.41, 5.74) is -4.40. The summed E-state index contributed by atoms with van der Waals surface area (Å²) in [5.74, 6) is -5.56. The maximum Gasteiger partial charge on any atom is 0.407 e. The number of nitrogens with one attached hydrogen (secondary N) is 1. The first kappa shape index (κ1) is 46.5. The van der Waals surface area contributed by atoms with Gasteiger partial charge in [0, 0.05) is 46.5 Å². The molecule has 11 atom stereocenters. The van der Waals surface area contributed by atoms with Crippen LogP contribution in [0, 0.1) is 0 Å². The fourth-order valence-corrected chi connectivity index (χ4v) is 8.55. The largest absolute Gasteiger partial charge is 0.507 e. The number of fused-ring (bicyclic) bond motifs is 3. The van der Waals surface area contributed by atoms with Crippen LogP contribution in [0.3, 0.4) is 0 Å². The highest BCUT2D eigenvalue weighted by molar-refractivity contribution is 6.31. The molecule has 7 rings (SSSR count). The third-order valence-corrected chi connectivity index (χ3v) is 11.9. The van der Waals surface area contributed by atoms with Gasteiger partial charge in [-0.3, -0.25) is 14.4 Å². The summed E-state index contributed by atoms with van der Waals surface area (Å²) in [5, 5.41) is 89.7. The van der Waals surface area contributed by atoms with Gasteiger partial charge in [-0.1, -0.05) is 23.7 Å². The molecule has 2 aliphatic carbocycles. The molecule has 2 aliphatic heterocycles. The van der Waals surface area contributed by atoms with Crippen molar-refractivity contribution in [1.29, 1.82) is 0 Å². The Labute approximate surface area is 367 Å². The minimum absolute atomic E-state index is 0.0155. The number of Topliss-reactive ketones (excluding diaryl/α,β-unsaturated/α-hetero) is 1. The minimum atomic E-state index is -2.43. The molecular weight excluding hydrogens is 874 g/mol. The van der Waals surface area contributed by atoms with Crippen molar-refractivity contribution in [3.63, 3.8) is 0 Å². The van der Waals surface area contributed by atoms with Gasteiger partial charge in [0.25, 0.3) is 0 Å². The van der Waals surface area contributed by atoms with Gasteiger partial charge in [-0.05, 0) is 31.2 Å². The standard InChI is InChI=1S/C42H44ClNO20/c1-15-30(47)20(44-41(56)60-14-16-9-17(43)7-8-21(16)63-40-37(54)35(52)36(53)38(64-40)39(55)59-3)10-25(61-15)62-23-12-42(57,24(46)13-45)11-19-27(23)34(51)29-28(32(19)49)31(48)18-5-4-6-22(58-2)26(18)33(29)50/h4-9,15,20,23,25,30,35-38,40,45,47,49,51-54,57H,10-14H2,1-3H3,(H,44,56)/t15-,20-,23-,25-,30+,35-,36-,37+,38-,40+,42-/m0/s1. The van der Waals surface area contributed by atoms with Crippen LogP contribution in [0.5, 0.6) is 23.0 Å². The quantitative estimate of drug-likeness (QED) is 0.0705. The highest BCUT2D eigenvalue weighted by Crippen LogP contribution is 2.52. The van der Waals surface area contributed by atoms with Crippen molar-refractivity contribution in [3.8, 4) is 23.0 Å². The number of rotatable bonds is 11. The number of carbonyl (C=O) groups excluding carboxylic acids is 5. The number of hydrogen-bond donors (Lipinski definition) is 9. The second-order valence-corrected chi connectivity index (χ2v) is 16.0. The number of ether oxygens (including phenoxy) is 7. The van der Waals surface area contributed by atoms with E-state index >= 15 is 0 Å². The van der Waals surface area contributed by atoms with Crippen LogP contribution < -0.4 is 14.8 Å². The molecule has 22 heteroatoms. The number of amides is 1. The molecule has 3 aromatic carbocycles. The lowest BCUT2D eigenvalue weighted by Gasteiger charge is -2.42. The fraction of sp³-hybridized carbons (Fsp3) is 0.452. The highest BCUT2D eigenvalue weighted by atomic mass is 35.5. The van der Waals surface area contributed by atoms with E-state index in [4.69, 9.17) is 40.0 Å². The van der Waals surface area contributed by atoms with E-state index in [2.05, 4.69) is 10.1 Å². The predicted molar refractivity (Wildman–Crippen MR) is 212 cm³/mol. The lowest BCUT2D eigenvalue weighted by molar-refractivity contribution is -0.272. The molecule has 2 saturated heterocycles. The van der Waals surface area contributed by atoms with Gasteiger partial charge >= 0.3 is 12.1 Å². The number of esters is 1. The van der Waals surface area contributed by atoms with E-state index in [-0.39, 0.29) is 50.8 Å². The van der Waals surface area contributed by atoms with Crippen molar-refractivity contribution >= 4 is 41.0 Å². The highest BCUT2D eigenvalue weighted by Gasteiger charge is 2.51. The Hall–Kier alpha value is -5.46. The number of alkyl carbamates (subject to hydrolysis) is 1. The zero-order valence-electron chi connectivity index (χ0n) is 34.1. The molecule has 0 spiro atoms. The van der Waals surface area contributed by atoms with Crippen molar-refractivity contribution in [1.82, 2.24) is 5.32 Å². The summed E-state index contributed by atoms with van der Waals surface area (Å²) in [7, 11) is 2.30. The van der Waals surface area contributed by atoms with Gasteiger partial charge in [0.15, 0.2) is 24.0 Å². The first-order valence-corrected chi connectivity index (χ1v) is 20.1. The molecule has 2 heterocycles. The predicted octanol–water partition coefficient (Wildman–Crippen LogP) is -0.0182. The van der Waals surface area contributed by atoms with Crippen LogP contribution >= 0.6 is 11.6 Å². The monoisotopic (exact) mass is 917 g/mol. The topological polar surface area (TPSA) is 324 Å². The fourth-order valence-electron chi connectivity index (χ4n) is 8.35. The van der Waals surface area contributed by atoms with Crippen LogP contribution in [0.15, 0.2) is 36.4 Å². The average Bonchev–Trinajstić information content (AvgIpc) is 3.27. The number of aromatic hydroxyl groups is 2.